The van der Waals surface area contributed by atoms with Crippen LogP contribution in [0.1, 0.15) is 24.0 Å². The molecular weight excluding hydrogens is 276 g/mol. The highest BCUT2D eigenvalue weighted by molar-refractivity contribution is 7.80. The van der Waals surface area contributed by atoms with Gasteiger partial charge in [-0.2, -0.15) is 0 Å². The summed E-state index contributed by atoms with van der Waals surface area (Å²) in [5, 5.41) is 3.30. The number of nitrogens with zero attached hydrogens (tertiary/aromatic N) is 3. The van der Waals surface area contributed by atoms with Crippen LogP contribution in [0.3, 0.4) is 0 Å². The summed E-state index contributed by atoms with van der Waals surface area (Å²) in [5.41, 5.74) is 7.00. The minimum Gasteiger partial charge on any atom is -0.392 e. The fourth-order valence-electron chi connectivity index (χ4n) is 2.58. The molecule has 2 heterocycles. The van der Waals surface area contributed by atoms with E-state index < -0.39 is 0 Å². The predicted molar refractivity (Wildman–Crippen MR) is 84.6 cm³/mol. The number of thiazole rings is 1. The average Bonchev–Trinajstić information content (AvgIpc) is 2.77. The predicted octanol–water partition coefficient (Wildman–Crippen LogP) is 1.63. The van der Waals surface area contributed by atoms with E-state index in [1.165, 1.54) is 5.69 Å². The molecule has 6 heteroatoms. The molecule has 1 aromatic rings. The number of aryl methyl sites for hydroxylation is 1. The van der Waals surface area contributed by atoms with E-state index in [1.54, 1.807) is 11.3 Å². The first kappa shape index (κ1) is 14.8. The van der Waals surface area contributed by atoms with Gasteiger partial charge in [0.25, 0.3) is 0 Å². The van der Waals surface area contributed by atoms with Gasteiger partial charge >= 0.3 is 0 Å². The topological polar surface area (TPSA) is 45.4 Å². The zero-order valence-electron chi connectivity index (χ0n) is 11.6. The van der Waals surface area contributed by atoms with Gasteiger partial charge < -0.3 is 5.73 Å². The molecule has 1 unspecified atom stereocenters. The van der Waals surface area contributed by atoms with Crippen molar-refractivity contribution in [1.82, 2.24) is 14.8 Å². The van der Waals surface area contributed by atoms with Crippen LogP contribution in [0.5, 0.6) is 0 Å². The zero-order chi connectivity index (χ0) is 13.8. The lowest BCUT2D eigenvalue weighted by atomic mass is 10.1. The van der Waals surface area contributed by atoms with Crippen LogP contribution < -0.4 is 5.73 Å². The summed E-state index contributed by atoms with van der Waals surface area (Å²) in [5.74, 6) is 0. The fourth-order valence-corrected chi connectivity index (χ4v) is 3.50. The second-order valence-electron chi connectivity index (χ2n) is 5.00. The number of thiocarbonyl (C=S) groups is 1. The Morgan fingerprint density at radius 1 is 1.47 bits per heavy atom. The second kappa shape index (κ2) is 6.74. The lowest BCUT2D eigenvalue weighted by Crippen LogP contribution is -2.53. The molecule has 106 valence electrons. The molecule has 1 aromatic heterocycles. The Hall–Kier alpha value is -0.560. The van der Waals surface area contributed by atoms with Crippen LogP contribution in [-0.2, 0) is 6.54 Å². The minimum atomic E-state index is 0.263. The van der Waals surface area contributed by atoms with Gasteiger partial charge in [0.2, 0.25) is 0 Å². The largest absolute Gasteiger partial charge is 0.392 e. The SMILES string of the molecule is CCC(C(N)=S)N1CCN(Cc2csc(C)n2)CC1. The molecule has 1 atom stereocenters. The van der Waals surface area contributed by atoms with E-state index in [2.05, 4.69) is 34.0 Å². The number of hydrogen-bond acceptors (Lipinski definition) is 5. The third-order valence-corrected chi connectivity index (χ3v) is 4.71. The van der Waals surface area contributed by atoms with Crippen molar-refractivity contribution in [3.8, 4) is 0 Å². The molecule has 4 nitrogen and oxygen atoms in total. The van der Waals surface area contributed by atoms with Crippen LogP contribution >= 0.6 is 23.6 Å². The molecule has 2 N–H and O–H groups in total. The van der Waals surface area contributed by atoms with Gasteiger partial charge in [-0.1, -0.05) is 19.1 Å². The summed E-state index contributed by atoms with van der Waals surface area (Å²) in [6, 6.07) is 0.263. The summed E-state index contributed by atoms with van der Waals surface area (Å²) < 4.78 is 0. The summed E-state index contributed by atoms with van der Waals surface area (Å²) in [4.78, 5) is 10.0. The normalized spacial score (nSPS) is 19.5. The maximum atomic E-state index is 5.81. The van der Waals surface area contributed by atoms with Crippen molar-refractivity contribution in [2.24, 2.45) is 5.73 Å². The van der Waals surface area contributed by atoms with Crippen molar-refractivity contribution < 1.29 is 0 Å². The van der Waals surface area contributed by atoms with Gasteiger partial charge in [0.15, 0.2) is 0 Å². The van der Waals surface area contributed by atoms with E-state index in [4.69, 9.17) is 18.0 Å². The van der Waals surface area contributed by atoms with Crippen LogP contribution in [0.4, 0.5) is 0 Å². The zero-order valence-corrected chi connectivity index (χ0v) is 13.3. The molecule has 0 bridgehead atoms. The summed E-state index contributed by atoms with van der Waals surface area (Å²) in [6.07, 6.45) is 1.00. The second-order valence-corrected chi connectivity index (χ2v) is 6.53. The first-order chi connectivity index (χ1) is 9.10. The van der Waals surface area contributed by atoms with Crippen molar-refractivity contribution in [2.45, 2.75) is 32.9 Å². The highest BCUT2D eigenvalue weighted by Gasteiger charge is 2.24. The quantitative estimate of drug-likeness (QED) is 0.837. The number of piperazine rings is 1. The number of hydrogen-bond donors (Lipinski definition) is 1. The first-order valence-electron chi connectivity index (χ1n) is 6.77. The van der Waals surface area contributed by atoms with E-state index in [9.17, 15) is 0 Å². The molecule has 0 spiro atoms. The summed E-state index contributed by atoms with van der Waals surface area (Å²) >= 11 is 6.87. The van der Waals surface area contributed by atoms with E-state index in [1.807, 2.05) is 0 Å². The van der Waals surface area contributed by atoms with Gasteiger partial charge in [-0.15, -0.1) is 11.3 Å². The van der Waals surface area contributed by atoms with Crippen LogP contribution in [0.2, 0.25) is 0 Å². The maximum Gasteiger partial charge on any atom is 0.0901 e. The maximum absolute atomic E-state index is 5.81. The molecule has 19 heavy (non-hydrogen) atoms. The molecule has 0 aliphatic carbocycles. The minimum absolute atomic E-state index is 0.263. The van der Waals surface area contributed by atoms with Crippen LogP contribution in [0.25, 0.3) is 0 Å². The van der Waals surface area contributed by atoms with Gasteiger partial charge in [-0.05, 0) is 13.3 Å². The molecule has 0 aromatic carbocycles. The Labute approximate surface area is 124 Å². The van der Waals surface area contributed by atoms with E-state index in [0.29, 0.717) is 4.99 Å². The van der Waals surface area contributed by atoms with Crippen molar-refractivity contribution in [2.75, 3.05) is 26.2 Å². The van der Waals surface area contributed by atoms with Crippen molar-refractivity contribution in [1.29, 1.82) is 0 Å². The monoisotopic (exact) mass is 298 g/mol. The Morgan fingerprint density at radius 2 is 2.16 bits per heavy atom. The molecule has 0 radical (unpaired) electrons. The highest BCUT2D eigenvalue weighted by Crippen LogP contribution is 2.14. The molecule has 1 saturated heterocycles. The Balaban J connectivity index is 1.83. The lowest BCUT2D eigenvalue weighted by Gasteiger charge is -2.38. The highest BCUT2D eigenvalue weighted by atomic mass is 32.1. The Kier molecular flexibility index (Phi) is 5.27. The van der Waals surface area contributed by atoms with Gasteiger partial charge in [-0.25, -0.2) is 4.98 Å². The van der Waals surface area contributed by atoms with Crippen molar-refractivity contribution in [3.63, 3.8) is 0 Å². The van der Waals surface area contributed by atoms with E-state index in [-0.39, 0.29) is 6.04 Å². The molecular formula is C13H22N4S2. The lowest BCUT2D eigenvalue weighted by molar-refractivity contribution is 0.111. The average molecular weight is 298 g/mol. The molecule has 1 aliphatic rings. The first-order valence-corrected chi connectivity index (χ1v) is 8.05. The molecule has 2 rings (SSSR count). The van der Waals surface area contributed by atoms with Crippen molar-refractivity contribution >= 4 is 28.5 Å². The molecule has 0 saturated carbocycles. The third kappa shape index (κ3) is 3.95. The van der Waals surface area contributed by atoms with Gasteiger partial charge in [0.05, 0.1) is 21.7 Å². The Bertz CT molecular complexity index is 424. The standard InChI is InChI=1S/C13H22N4S2/c1-3-12(13(14)18)17-6-4-16(5-7-17)8-11-9-19-10(2)15-11/h9,12H,3-8H2,1-2H3,(H2,14,18). The van der Waals surface area contributed by atoms with Gasteiger partial charge in [0.1, 0.15) is 0 Å². The smallest absolute Gasteiger partial charge is 0.0901 e. The third-order valence-electron chi connectivity index (χ3n) is 3.61. The van der Waals surface area contributed by atoms with Crippen LogP contribution in [-0.4, -0.2) is 52.0 Å². The summed E-state index contributed by atoms with van der Waals surface area (Å²) in [6.45, 7) is 9.37. The van der Waals surface area contributed by atoms with Crippen LogP contribution in [0, 0.1) is 6.92 Å². The van der Waals surface area contributed by atoms with E-state index >= 15 is 0 Å². The summed E-state index contributed by atoms with van der Waals surface area (Å²) in [7, 11) is 0. The molecule has 1 fully saturated rings. The van der Waals surface area contributed by atoms with Gasteiger partial charge in [0, 0.05) is 38.1 Å². The fraction of sp³-hybridized carbons (Fsp3) is 0.692. The molecule has 1 aliphatic heterocycles. The Morgan fingerprint density at radius 3 is 2.63 bits per heavy atom. The number of rotatable bonds is 5. The van der Waals surface area contributed by atoms with E-state index in [0.717, 1.165) is 44.2 Å². The van der Waals surface area contributed by atoms with Gasteiger partial charge in [-0.3, -0.25) is 9.80 Å². The van der Waals surface area contributed by atoms with Crippen LogP contribution in [0.15, 0.2) is 5.38 Å². The number of nitrogens with two attached hydrogens (primary N) is 1. The number of aromatic nitrogens is 1. The molecule has 0 amide bonds. The van der Waals surface area contributed by atoms with Crippen molar-refractivity contribution in [3.05, 3.63) is 16.1 Å².